The molecule has 0 aliphatic rings. The number of phenols is 2. The van der Waals surface area contributed by atoms with Gasteiger partial charge in [0.15, 0.2) is 0 Å². The number of fused-ring (bicyclic) bond motifs is 1. The minimum atomic E-state index is 0.189. The summed E-state index contributed by atoms with van der Waals surface area (Å²) in [5.41, 5.74) is 4.97. The van der Waals surface area contributed by atoms with Crippen LogP contribution in [0, 0.1) is 0 Å². The van der Waals surface area contributed by atoms with Gasteiger partial charge in [0.25, 0.3) is 0 Å². The van der Waals surface area contributed by atoms with Crippen molar-refractivity contribution in [3.8, 4) is 11.5 Å². The number of hydrogen-bond donors (Lipinski definition) is 2. The second-order valence-corrected chi connectivity index (χ2v) is 9.15. The van der Waals surface area contributed by atoms with Crippen LogP contribution in [0.5, 0.6) is 11.5 Å². The van der Waals surface area contributed by atoms with Crippen molar-refractivity contribution in [2.24, 2.45) is 9.98 Å². The van der Waals surface area contributed by atoms with Gasteiger partial charge in [-0.05, 0) is 70.1 Å². The van der Waals surface area contributed by atoms with Crippen molar-refractivity contribution in [1.29, 1.82) is 0 Å². The number of nitrogens with zero attached hydrogens (tertiary/aromatic N) is 2. The van der Waals surface area contributed by atoms with Gasteiger partial charge in [-0.25, -0.2) is 0 Å². The number of aliphatic imine (C=N–C) groups is 2. The first-order valence-corrected chi connectivity index (χ1v) is 11.6. The second-order valence-electron chi connectivity index (χ2n) is 9.15. The average Bonchev–Trinajstić information content (AvgIpc) is 2.82. The van der Waals surface area contributed by atoms with Crippen molar-refractivity contribution < 1.29 is 10.2 Å². The van der Waals surface area contributed by atoms with Crippen molar-refractivity contribution in [2.75, 3.05) is 0 Å². The van der Waals surface area contributed by atoms with Gasteiger partial charge in [0.1, 0.15) is 11.5 Å². The summed E-state index contributed by atoms with van der Waals surface area (Å²) < 4.78 is 0. The maximum Gasteiger partial charge on any atom is 0.124 e. The van der Waals surface area contributed by atoms with Crippen LogP contribution in [0.3, 0.4) is 0 Å². The lowest BCUT2D eigenvalue weighted by Gasteiger charge is -2.09. The number of benzene rings is 4. The topological polar surface area (TPSA) is 65.2 Å². The van der Waals surface area contributed by atoms with Crippen LogP contribution in [0.25, 0.3) is 10.8 Å². The zero-order valence-electron chi connectivity index (χ0n) is 20.0. The lowest BCUT2D eigenvalue weighted by Crippen LogP contribution is -1.91. The van der Waals surface area contributed by atoms with Crippen molar-refractivity contribution in [1.82, 2.24) is 0 Å². The molecule has 4 heteroatoms. The quantitative estimate of drug-likeness (QED) is 0.292. The minimum Gasteiger partial charge on any atom is -0.507 e. The molecule has 0 atom stereocenters. The molecule has 4 aromatic carbocycles. The highest BCUT2D eigenvalue weighted by Gasteiger charge is 2.08. The number of rotatable bonds is 6. The molecule has 0 radical (unpaired) electrons. The number of phenolic OH excluding ortho intramolecular Hbond substituents is 2. The van der Waals surface area contributed by atoms with Gasteiger partial charge in [0, 0.05) is 23.6 Å². The van der Waals surface area contributed by atoms with E-state index in [1.165, 1.54) is 0 Å². The molecule has 2 N–H and O–H groups in total. The van der Waals surface area contributed by atoms with Crippen molar-refractivity contribution in [3.05, 3.63) is 95.1 Å². The Kier molecular flexibility index (Phi) is 6.78. The van der Waals surface area contributed by atoms with Crippen molar-refractivity contribution in [2.45, 2.75) is 39.5 Å². The minimum absolute atomic E-state index is 0.189. The van der Waals surface area contributed by atoms with E-state index in [2.05, 4.69) is 27.7 Å². The van der Waals surface area contributed by atoms with Crippen LogP contribution in [-0.2, 0) is 0 Å². The number of hydrogen-bond acceptors (Lipinski definition) is 4. The van der Waals surface area contributed by atoms with Gasteiger partial charge in [-0.3, -0.25) is 9.98 Å². The Bertz CT molecular complexity index is 1280. The fourth-order valence-corrected chi connectivity index (χ4v) is 3.77. The Labute approximate surface area is 201 Å². The standard InChI is InChI=1S/C30H30N2O2/c1-19(2)21-9-11-29(33)25(13-21)17-31-27-15-23-7-5-6-8-24(23)16-28(27)32-18-26-14-22(20(3)4)10-12-30(26)34/h5-20,33-34H,1-4H3. The van der Waals surface area contributed by atoms with Gasteiger partial charge < -0.3 is 10.2 Å². The van der Waals surface area contributed by atoms with Crippen molar-refractivity contribution >= 4 is 34.6 Å². The molecule has 0 unspecified atom stereocenters. The van der Waals surface area contributed by atoms with Crippen LogP contribution in [0.2, 0.25) is 0 Å². The highest BCUT2D eigenvalue weighted by atomic mass is 16.3. The maximum absolute atomic E-state index is 10.3. The van der Waals surface area contributed by atoms with E-state index in [0.29, 0.717) is 34.3 Å². The summed E-state index contributed by atoms with van der Waals surface area (Å²) in [6, 6.07) is 23.2. The third-order valence-electron chi connectivity index (χ3n) is 5.96. The zero-order chi connectivity index (χ0) is 24.2. The Morgan fingerprint density at radius 1 is 0.588 bits per heavy atom. The van der Waals surface area contributed by atoms with E-state index in [4.69, 9.17) is 9.98 Å². The van der Waals surface area contributed by atoms with Crippen LogP contribution < -0.4 is 0 Å². The molecule has 4 nitrogen and oxygen atoms in total. The van der Waals surface area contributed by atoms with Crippen LogP contribution >= 0.6 is 0 Å². The molecule has 4 aromatic rings. The summed E-state index contributed by atoms with van der Waals surface area (Å²) >= 11 is 0. The van der Waals surface area contributed by atoms with Crippen molar-refractivity contribution in [3.63, 3.8) is 0 Å². The predicted octanol–water partition coefficient (Wildman–Crippen LogP) is 8.00. The molecule has 0 aliphatic heterocycles. The second kappa shape index (κ2) is 9.92. The summed E-state index contributed by atoms with van der Waals surface area (Å²) in [4.78, 5) is 9.41. The normalized spacial score (nSPS) is 12.1. The molecule has 0 fully saturated rings. The first kappa shape index (κ1) is 23.2. The molecule has 0 aromatic heterocycles. The Balaban J connectivity index is 1.77. The molecular formula is C30H30N2O2. The summed E-state index contributed by atoms with van der Waals surface area (Å²) in [6.45, 7) is 8.47. The van der Waals surface area contributed by atoms with E-state index in [-0.39, 0.29) is 11.5 Å². The molecule has 0 bridgehead atoms. The Morgan fingerprint density at radius 2 is 1.00 bits per heavy atom. The molecular weight excluding hydrogens is 420 g/mol. The van der Waals surface area contributed by atoms with Crippen LogP contribution in [0.15, 0.2) is 82.8 Å². The van der Waals surface area contributed by atoms with Crippen LogP contribution in [0.1, 0.15) is 61.8 Å². The third kappa shape index (κ3) is 5.18. The van der Waals surface area contributed by atoms with Crippen LogP contribution in [0.4, 0.5) is 11.4 Å². The van der Waals surface area contributed by atoms with E-state index in [1.807, 2.05) is 60.7 Å². The molecule has 0 saturated heterocycles. The average molecular weight is 451 g/mol. The van der Waals surface area contributed by atoms with E-state index in [9.17, 15) is 10.2 Å². The molecule has 172 valence electrons. The lowest BCUT2D eigenvalue weighted by molar-refractivity contribution is 0.473. The Morgan fingerprint density at radius 3 is 1.38 bits per heavy atom. The van der Waals surface area contributed by atoms with Gasteiger partial charge in [-0.1, -0.05) is 64.1 Å². The van der Waals surface area contributed by atoms with E-state index < -0.39 is 0 Å². The molecule has 34 heavy (non-hydrogen) atoms. The maximum atomic E-state index is 10.3. The van der Waals surface area contributed by atoms with Gasteiger partial charge >= 0.3 is 0 Å². The fraction of sp³-hybridized carbons (Fsp3) is 0.200. The SMILES string of the molecule is CC(C)c1ccc(O)c(C=Nc2cc3ccccc3cc2N=Cc2cc(C(C)C)ccc2O)c1. The summed E-state index contributed by atoms with van der Waals surface area (Å²) in [6.07, 6.45) is 3.36. The van der Waals surface area contributed by atoms with Gasteiger partial charge in [0.05, 0.1) is 11.4 Å². The first-order chi connectivity index (χ1) is 16.3. The van der Waals surface area contributed by atoms with E-state index in [1.54, 1.807) is 24.6 Å². The van der Waals surface area contributed by atoms with Gasteiger partial charge in [0.2, 0.25) is 0 Å². The highest BCUT2D eigenvalue weighted by molar-refractivity contribution is 5.95. The summed E-state index contributed by atoms with van der Waals surface area (Å²) in [5.74, 6) is 1.08. The van der Waals surface area contributed by atoms with Gasteiger partial charge in [-0.2, -0.15) is 0 Å². The zero-order valence-corrected chi connectivity index (χ0v) is 20.0. The molecule has 0 heterocycles. The Hall–Kier alpha value is -3.92. The van der Waals surface area contributed by atoms with E-state index >= 15 is 0 Å². The summed E-state index contributed by atoms with van der Waals surface area (Å²) in [5, 5.41) is 22.8. The lowest BCUT2D eigenvalue weighted by atomic mass is 10.0. The summed E-state index contributed by atoms with van der Waals surface area (Å²) in [7, 11) is 0. The largest absolute Gasteiger partial charge is 0.507 e. The van der Waals surface area contributed by atoms with E-state index in [0.717, 1.165) is 21.9 Å². The van der Waals surface area contributed by atoms with Gasteiger partial charge in [-0.15, -0.1) is 0 Å². The fourth-order valence-electron chi connectivity index (χ4n) is 3.77. The molecule has 0 amide bonds. The monoisotopic (exact) mass is 450 g/mol. The molecule has 0 spiro atoms. The number of aromatic hydroxyl groups is 2. The molecule has 4 rings (SSSR count). The molecule has 0 aliphatic carbocycles. The van der Waals surface area contributed by atoms with Crippen LogP contribution in [-0.4, -0.2) is 22.6 Å². The highest BCUT2D eigenvalue weighted by Crippen LogP contribution is 2.34. The third-order valence-corrected chi connectivity index (χ3v) is 5.96. The molecule has 0 saturated carbocycles. The smallest absolute Gasteiger partial charge is 0.124 e. The first-order valence-electron chi connectivity index (χ1n) is 11.6. The predicted molar refractivity (Wildman–Crippen MR) is 143 cm³/mol.